The Morgan fingerprint density at radius 2 is 1.37 bits per heavy atom. The number of fused-ring (bicyclic) bond motifs is 1. The fourth-order valence-electron chi connectivity index (χ4n) is 5.93. The Bertz CT molecular complexity index is 2220. The van der Waals surface area contributed by atoms with Crippen molar-refractivity contribution in [1.82, 2.24) is 39.3 Å². The second-order valence-electron chi connectivity index (χ2n) is 11.2. The molecule has 1 N–H and O–H groups in total. The molecule has 3 aromatic heterocycles. The SMILES string of the molecule is CCCCCc1nc2c(c(=O)n(-c3ccccc3)c(=O)n2-c2ccccc2)n1Cc1ccc(-c2ccccc2-c2nnn[nH]2)cc1. The Labute approximate surface area is 264 Å². The molecule has 0 radical (unpaired) electrons. The number of aromatic amines is 1. The van der Waals surface area contributed by atoms with E-state index >= 15 is 0 Å². The molecule has 0 aliphatic heterocycles. The predicted molar refractivity (Wildman–Crippen MR) is 178 cm³/mol. The van der Waals surface area contributed by atoms with Crippen molar-refractivity contribution in [3.8, 4) is 33.9 Å². The molecule has 0 atom stereocenters. The van der Waals surface area contributed by atoms with E-state index in [9.17, 15) is 9.59 Å². The molecule has 4 aromatic carbocycles. The third-order valence-corrected chi connectivity index (χ3v) is 8.19. The first-order valence-corrected chi connectivity index (χ1v) is 15.4. The maximum Gasteiger partial charge on any atom is 0.342 e. The van der Waals surface area contributed by atoms with Gasteiger partial charge in [0.2, 0.25) is 0 Å². The third kappa shape index (κ3) is 5.34. The summed E-state index contributed by atoms with van der Waals surface area (Å²) in [6.45, 7) is 2.58. The molecule has 0 amide bonds. The fourth-order valence-corrected chi connectivity index (χ4v) is 5.93. The molecule has 0 aliphatic rings. The van der Waals surface area contributed by atoms with E-state index in [1.54, 1.807) is 16.7 Å². The van der Waals surface area contributed by atoms with E-state index < -0.39 is 5.69 Å². The summed E-state index contributed by atoms with van der Waals surface area (Å²) in [6, 6.07) is 34.7. The maximum absolute atomic E-state index is 14.3. The standard InChI is InChI=1S/C36H32N8O2/c1-2-3-6-19-31-37-34-32(35(45)44(28-15-9-5-10-16-28)36(46)43(34)27-13-7-4-8-14-27)42(31)24-25-20-22-26(23-21-25)29-17-11-12-18-30(29)33-38-40-41-39-33/h4-5,7-18,20-23H,2-3,6,19,24H2,1H3,(H,38,39,40,41). The zero-order chi connectivity index (χ0) is 31.5. The first kappa shape index (κ1) is 28.8. The Hall–Kier alpha value is -5.90. The first-order valence-electron chi connectivity index (χ1n) is 15.4. The van der Waals surface area contributed by atoms with Gasteiger partial charge in [-0.3, -0.25) is 4.79 Å². The highest BCUT2D eigenvalue weighted by atomic mass is 16.2. The zero-order valence-corrected chi connectivity index (χ0v) is 25.4. The van der Waals surface area contributed by atoms with Gasteiger partial charge in [0.25, 0.3) is 5.56 Å². The van der Waals surface area contributed by atoms with E-state index in [1.165, 1.54) is 4.57 Å². The van der Waals surface area contributed by atoms with E-state index in [4.69, 9.17) is 4.98 Å². The molecule has 7 aromatic rings. The lowest BCUT2D eigenvalue weighted by Crippen LogP contribution is -2.39. The second-order valence-corrected chi connectivity index (χ2v) is 11.2. The smallest absolute Gasteiger partial charge is 0.318 e. The highest BCUT2D eigenvalue weighted by molar-refractivity contribution is 5.80. The summed E-state index contributed by atoms with van der Waals surface area (Å²) in [5.41, 5.74) is 4.99. The highest BCUT2D eigenvalue weighted by Crippen LogP contribution is 2.30. The maximum atomic E-state index is 14.3. The summed E-state index contributed by atoms with van der Waals surface area (Å²) in [5.74, 6) is 1.38. The number of imidazole rings is 1. The van der Waals surface area contributed by atoms with Crippen molar-refractivity contribution in [2.45, 2.75) is 39.2 Å². The van der Waals surface area contributed by atoms with Crippen molar-refractivity contribution < 1.29 is 0 Å². The molecule has 7 rings (SSSR count). The number of tetrazole rings is 1. The van der Waals surface area contributed by atoms with Crippen LogP contribution in [0.4, 0.5) is 0 Å². The van der Waals surface area contributed by atoms with Gasteiger partial charge >= 0.3 is 5.69 Å². The summed E-state index contributed by atoms with van der Waals surface area (Å²) in [5, 5.41) is 14.4. The van der Waals surface area contributed by atoms with Gasteiger partial charge in [-0.15, -0.1) is 5.10 Å². The van der Waals surface area contributed by atoms with Crippen LogP contribution in [0.2, 0.25) is 0 Å². The number of unbranched alkanes of at least 4 members (excludes halogenated alkanes) is 2. The van der Waals surface area contributed by atoms with Crippen LogP contribution in [0.25, 0.3) is 45.1 Å². The molecular formula is C36H32N8O2. The number of nitrogens with one attached hydrogen (secondary N) is 1. The minimum Gasteiger partial charge on any atom is -0.318 e. The predicted octanol–water partition coefficient (Wildman–Crippen LogP) is 5.97. The number of H-pyrrole nitrogens is 1. The van der Waals surface area contributed by atoms with E-state index in [2.05, 4.69) is 51.8 Å². The molecule has 0 unspecified atom stereocenters. The molecule has 228 valence electrons. The number of aromatic nitrogens is 8. The van der Waals surface area contributed by atoms with Crippen LogP contribution in [0.3, 0.4) is 0 Å². The molecule has 0 saturated carbocycles. The quantitative estimate of drug-likeness (QED) is 0.191. The first-order chi connectivity index (χ1) is 22.6. The van der Waals surface area contributed by atoms with Gasteiger partial charge in [0.05, 0.1) is 11.4 Å². The topological polar surface area (TPSA) is 116 Å². The van der Waals surface area contributed by atoms with Gasteiger partial charge in [-0.25, -0.2) is 24.0 Å². The zero-order valence-electron chi connectivity index (χ0n) is 25.4. The Morgan fingerprint density at radius 3 is 2.02 bits per heavy atom. The monoisotopic (exact) mass is 608 g/mol. The molecular weight excluding hydrogens is 576 g/mol. The number of rotatable bonds is 10. The van der Waals surface area contributed by atoms with Gasteiger partial charge in [0.15, 0.2) is 17.0 Å². The summed E-state index contributed by atoms with van der Waals surface area (Å²) >= 11 is 0. The van der Waals surface area contributed by atoms with Crippen molar-refractivity contribution in [2.75, 3.05) is 0 Å². The lowest BCUT2D eigenvalue weighted by molar-refractivity contribution is 0.658. The van der Waals surface area contributed by atoms with Gasteiger partial charge in [-0.1, -0.05) is 105 Å². The second kappa shape index (κ2) is 12.6. The summed E-state index contributed by atoms with van der Waals surface area (Å²) in [7, 11) is 0. The Morgan fingerprint density at radius 1 is 0.717 bits per heavy atom. The fraction of sp³-hybridized carbons (Fsp3) is 0.167. The van der Waals surface area contributed by atoms with Gasteiger partial charge in [-0.2, -0.15) is 0 Å². The molecule has 0 saturated heterocycles. The summed E-state index contributed by atoms with van der Waals surface area (Å²) in [6.07, 6.45) is 3.71. The van der Waals surface area contributed by atoms with Crippen molar-refractivity contribution in [2.24, 2.45) is 0 Å². The van der Waals surface area contributed by atoms with Crippen LogP contribution in [0.1, 0.15) is 37.6 Å². The molecule has 46 heavy (non-hydrogen) atoms. The number of para-hydroxylation sites is 2. The van der Waals surface area contributed by atoms with Crippen LogP contribution in [0, 0.1) is 0 Å². The average molecular weight is 609 g/mol. The minimum absolute atomic E-state index is 0.367. The van der Waals surface area contributed by atoms with Crippen molar-refractivity contribution in [1.29, 1.82) is 0 Å². The Balaban J connectivity index is 1.39. The van der Waals surface area contributed by atoms with E-state index in [0.29, 0.717) is 41.3 Å². The number of benzene rings is 4. The summed E-state index contributed by atoms with van der Waals surface area (Å²) < 4.78 is 4.80. The van der Waals surface area contributed by atoms with Crippen LogP contribution >= 0.6 is 0 Å². The summed E-state index contributed by atoms with van der Waals surface area (Å²) in [4.78, 5) is 33.4. The molecule has 10 heteroatoms. The number of aryl methyl sites for hydroxylation is 1. The number of hydrogen-bond donors (Lipinski definition) is 1. The lowest BCUT2D eigenvalue weighted by atomic mass is 9.98. The van der Waals surface area contributed by atoms with E-state index in [0.717, 1.165) is 47.3 Å². The third-order valence-electron chi connectivity index (χ3n) is 8.19. The largest absolute Gasteiger partial charge is 0.342 e. The molecule has 10 nitrogen and oxygen atoms in total. The van der Waals surface area contributed by atoms with Crippen molar-refractivity contribution in [3.05, 3.63) is 141 Å². The van der Waals surface area contributed by atoms with Gasteiger partial charge in [0.1, 0.15) is 5.82 Å². The van der Waals surface area contributed by atoms with E-state index in [-0.39, 0.29) is 5.56 Å². The number of hydrogen-bond acceptors (Lipinski definition) is 6. The van der Waals surface area contributed by atoms with E-state index in [1.807, 2.05) is 77.4 Å². The van der Waals surface area contributed by atoms with Crippen LogP contribution in [0.15, 0.2) is 119 Å². The average Bonchev–Trinajstić information content (AvgIpc) is 3.76. The molecule has 0 fully saturated rings. The molecule has 3 heterocycles. The van der Waals surface area contributed by atoms with Gasteiger partial charge < -0.3 is 4.57 Å². The van der Waals surface area contributed by atoms with Gasteiger partial charge in [-0.05, 0) is 57.8 Å². The van der Waals surface area contributed by atoms with Crippen LogP contribution in [0.5, 0.6) is 0 Å². The normalized spacial score (nSPS) is 11.3. The van der Waals surface area contributed by atoms with Gasteiger partial charge in [0, 0.05) is 18.5 Å². The van der Waals surface area contributed by atoms with Crippen molar-refractivity contribution >= 4 is 11.2 Å². The number of nitrogens with zero attached hydrogens (tertiary/aromatic N) is 7. The van der Waals surface area contributed by atoms with Crippen LogP contribution in [-0.4, -0.2) is 39.3 Å². The Kier molecular flexibility index (Phi) is 7.91. The molecule has 0 bridgehead atoms. The lowest BCUT2D eigenvalue weighted by Gasteiger charge is -2.14. The molecule has 0 aliphatic carbocycles. The van der Waals surface area contributed by atoms with Crippen molar-refractivity contribution in [3.63, 3.8) is 0 Å². The highest BCUT2D eigenvalue weighted by Gasteiger charge is 2.23. The minimum atomic E-state index is -0.454. The van der Waals surface area contributed by atoms with Crippen LogP contribution < -0.4 is 11.2 Å². The molecule has 0 spiro atoms. The van der Waals surface area contributed by atoms with Crippen LogP contribution in [-0.2, 0) is 13.0 Å².